The lowest BCUT2D eigenvalue weighted by atomic mass is 9.87. The maximum Gasteiger partial charge on any atom is 0.289 e. The van der Waals surface area contributed by atoms with E-state index in [9.17, 15) is 5.26 Å². The molecule has 1 heterocycles. The van der Waals surface area contributed by atoms with E-state index in [2.05, 4.69) is 11.1 Å². The van der Waals surface area contributed by atoms with E-state index in [0.717, 1.165) is 48.1 Å². The van der Waals surface area contributed by atoms with Crippen LogP contribution in [-0.4, -0.2) is 21.3 Å². The summed E-state index contributed by atoms with van der Waals surface area (Å²) in [7, 11) is 4.75. The summed E-state index contributed by atoms with van der Waals surface area (Å²) < 4.78 is 16.4. The highest BCUT2D eigenvalue weighted by atomic mass is 16.5. The van der Waals surface area contributed by atoms with Crippen molar-refractivity contribution in [3.05, 3.63) is 29.0 Å². The zero-order valence-corrected chi connectivity index (χ0v) is 16.1. The minimum absolute atomic E-state index is 0.403. The Kier molecular flexibility index (Phi) is 5.70. The van der Waals surface area contributed by atoms with Gasteiger partial charge >= 0.3 is 0 Å². The predicted molar refractivity (Wildman–Crippen MR) is 103 cm³/mol. The van der Waals surface area contributed by atoms with Crippen LogP contribution in [0, 0.1) is 11.3 Å². The van der Waals surface area contributed by atoms with E-state index < -0.39 is 0 Å². The van der Waals surface area contributed by atoms with Gasteiger partial charge in [0.15, 0.2) is 11.5 Å². The number of nitrogens with one attached hydrogen (secondary N) is 1. The Morgan fingerprint density at radius 2 is 1.59 bits per heavy atom. The molecule has 0 saturated carbocycles. The van der Waals surface area contributed by atoms with Crippen LogP contribution in [0.2, 0.25) is 0 Å². The van der Waals surface area contributed by atoms with Crippen molar-refractivity contribution in [3.8, 4) is 34.4 Å². The van der Waals surface area contributed by atoms with E-state index in [-0.39, 0.29) is 0 Å². The molecule has 0 amide bonds. The molecule has 142 valence electrons. The summed E-state index contributed by atoms with van der Waals surface area (Å²) in [5.41, 5.74) is 10.7. The lowest BCUT2D eigenvalue weighted by Gasteiger charge is -2.19. The molecule has 1 aliphatic carbocycles. The number of nitriles is 1. The molecule has 1 aliphatic rings. The standard InChI is InChI=1S/C21H25N3O3/c1-25-17-10-13(11-18(26-2)20(17)27-3)19-14-8-6-4-5-7-9-16(14)24-21(23)15(19)12-22/h10-11H,4-9H2,1-3H3,(H2,23,24)/p+1. The number of nitrogens with two attached hydrogens (primary N) is 1. The number of aromatic amines is 1. The van der Waals surface area contributed by atoms with Gasteiger partial charge in [-0.1, -0.05) is 12.8 Å². The van der Waals surface area contributed by atoms with Crippen LogP contribution < -0.4 is 24.9 Å². The topological polar surface area (TPSA) is 91.6 Å². The van der Waals surface area contributed by atoms with Gasteiger partial charge in [-0.25, -0.2) is 4.98 Å². The molecule has 27 heavy (non-hydrogen) atoms. The number of nitrogen functional groups attached to an aromatic ring is 1. The largest absolute Gasteiger partial charge is 0.493 e. The molecule has 1 aromatic carbocycles. The summed E-state index contributed by atoms with van der Waals surface area (Å²) in [6.45, 7) is 0. The minimum Gasteiger partial charge on any atom is -0.493 e. The van der Waals surface area contributed by atoms with Gasteiger partial charge in [0.1, 0.15) is 17.3 Å². The Hall–Kier alpha value is -2.94. The van der Waals surface area contributed by atoms with Crippen molar-refractivity contribution in [3.63, 3.8) is 0 Å². The summed E-state index contributed by atoms with van der Waals surface area (Å²) in [4.78, 5) is 3.27. The van der Waals surface area contributed by atoms with Crippen molar-refractivity contribution in [1.82, 2.24) is 0 Å². The monoisotopic (exact) mass is 368 g/mol. The molecule has 0 saturated heterocycles. The second kappa shape index (κ2) is 8.17. The average molecular weight is 368 g/mol. The first-order chi connectivity index (χ1) is 13.1. The van der Waals surface area contributed by atoms with Crippen molar-refractivity contribution in [2.24, 2.45) is 0 Å². The number of nitrogens with zero attached hydrogens (tertiary/aromatic N) is 1. The van der Waals surface area contributed by atoms with Crippen LogP contribution in [0.3, 0.4) is 0 Å². The Labute approximate surface area is 159 Å². The minimum atomic E-state index is 0.403. The van der Waals surface area contributed by atoms with Crippen LogP contribution in [-0.2, 0) is 12.8 Å². The summed E-state index contributed by atoms with van der Waals surface area (Å²) in [6, 6.07) is 6.05. The average Bonchev–Trinajstić information content (AvgIpc) is 2.67. The van der Waals surface area contributed by atoms with Crippen LogP contribution in [0.4, 0.5) is 5.82 Å². The van der Waals surface area contributed by atoms with Gasteiger partial charge in [-0.2, -0.15) is 5.26 Å². The SMILES string of the molecule is COc1cc(-c2c(C#N)c(N)[nH+]c3c2CCCCCC3)cc(OC)c1OC. The molecule has 0 bridgehead atoms. The van der Waals surface area contributed by atoms with Crippen LogP contribution in [0.1, 0.15) is 42.5 Å². The van der Waals surface area contributed by atoms with Crippen molar-refractivity contribution in [2.75, 3.05) is 27.1 Å². The number of aromatic nitrogens is 1. The zero-order chi connectivity index (χ0) is 19.4. The number of H-pyrrole nitrogens is 1. The molecule has 6 nitrogen and oxygen atoms in total. The Morgan fingerprint density at radius 1 is 0.963 bits per heavy atom. The molecular weight excluding hydrogens is 342 g/mol. The van der Waals surface area contributed by atoms with Crippen molar-refractivity contribution in [1.29, 1.82) is 5.26 Å². The first-order valence-electron chi connectivity index (χ1n) is 9.21. The summed E-state index contributed by atoms with van der Waals surface area (Å²) in [5, 5.41) is 9.80. The van der Waals surface area contributed by atoms with Gasteiger partial charge in [0.25, 0.3) is 5.82 Å². The van der Waals surface area contributed by atoms with E-state index in [4.69, 9.17) is 19.9 Å². The number of ether oxygens (including phenoxy) is 3. The molecule has 0 atom stereocenters. The summed E-state index contributed by atoms with van der Waals surface area (Å²) in [5.74, 6) is 2.05. The molecule has 1 aromatic heterocycles. The molecule has 3 N–H and O–H groups in total. The number of methoxy groups -OCH3 is 3. The van der Waals surface area contributed by atoms with E-state index >= 15 is 0 Å². The van der Waals surface area contributed by atoms with E-state index in [1.54, 1.807) is 21.3 Å². The third-order valence-electron chi connectivity index (χ3n) is 5.14. The number of rotatable bonds is 4. The number of pyridine rings is 1. The Morgan fingerprint density at radius 3 is 2.15 bits per heavy atom. The lowest BCUT2D eigenvalue weighted by molar-refractivity contribution is -0.374. The fourth-order valence-electron chi connectivity index (χ4n) is 3.84. The second-order valence-corrected chi connectivity index (χ2v) is 6.69. The molecule has 0 spiro atoms. The number of hydrogen-bond donors (Lipinski definition) is 1. The van der Waals surface area contributed by atoms with Gasteiger partial charge in [0.05, 0.1) is 21.3 Å². The Balaban J connectivity index is 2.31. The van der Waals surface area contributed by atoms with Gasteiger partial charge in [0, 0.05) is 17.5 Å². The number of hydrogen-bond acceptors (Lipinski definition) is 5. The zero-order valence-electron chi connectivity index (χ0n) is 16.1. The first-order valence-corrected chi connectivity index (χ1v) is 9.21. The summed E-state index contributed by atoms with van der Waals surface area (Å²) in [6.07, 6.45) is 6.46. The van der Waals surface area contributed by atoms with E-state index in [1.807, 2.05) is 12.1 Å². The maximum absolute atomic E-state index is 9.80. The van der Waals surface area contributed by atoms with Gasteiger partial charge in [-0.3, -0.25) is 5.73 Å². The highest BCUT2D eigenvalue weighted by Gasteiger charge is 2.25. The number of aryl methyl sites for hydroxylation is 1. The van der Waals surface area contributed by atoms with Gasteiger partial charge in [-0.15, -0.1) is 0 Å². The smallest absolute Gasteiger partial charge is 0.289 e. The molecule has 6 heteroatoms. The highest BCUT2D eigenvalue weighted by Crippen LogP contribution is 2.43. The van der Waals surface area contributed by atoms with Crippen LogP contribution in [0.15, 0.2) is 12.1 Å². The fourth-order valence-corrected chi connectivity index (χ4v) is 3.84. The third-order valence-corrected chi connectivity index (χ3v) is 5.14. The van der Waals surface area contributed by atoms with Crippen LogP contribution >= 0.6 is 0 Å². The third kappa shape index (κ3) is 3.50. The van der Waals surface area contributed by atoms with E-state index in [1.165, 1.54) is 12.8 Å². The first kappa shape index (κ1) is 18.8. The fraction of sp³-hybridized carbons (Fsp3) is 0.429. The molecule has 3 rings (SSSR count). The lowest BCUT2D eigenvalue weighted by Crippen LogP contribution is -2.23. The number of fused-ring (bicyclic) bond motifs is 1. The molecule has 0 radical (unpaired) electrons. The van der Waals surface area contributed by atoms with Crippen molar-refractivity contribution < 1.29 is 19.2 Å². The second-order valence-electron chi connectivity index (χ2n) is 6.69. The van der Waals surface area contributed by atoms with Crippen molar-refractivity contribution >= 4 is 5.82 Å². The molecule has 2 aromatic rings. The maximum atomic E-state index is 9.80. The van der Waals surface area contributed by atoms with Gasteiger partial charge in [0.2, 0.25) is 5.75 Å². The molecule has 0 fully saturated rings. The van der Waals surface area contributed by atoms with Crippen LogP contribution in [0.5, 0.6) is 17.2 Å². The predicted octanol–water partition coefficient (Wildman–Crippen LogP) is 3.31. The van der Waals surface area contributed by atoms with Crippen molar-refractivity contribution in [2.45, 2.75) is 38.5 Å². The van der Waals surface area contributed by atoms with Gasteiger partial charge < -0.3 is 14.2 Å². The number of anilines is 1. The molecule has 0 aliphatic heterocycles. The quantitative estimate of drug-likeness (QED) is 0.894. The Bertz CT molecular complexity index is 862. The molecule has 0 unspecified atom stereocenters. The van der Waals surface area contributed by atoms with E-state index in [0.29, 0.717) is 28.6 Å². The normalized spacial score (nSPS) is 13.7. The number of benzene rings is 1. The van der Waals surface area contributed by atoms with Gasteiger partial charge in [-0.05, 0) is 37.0 Å². The highest BCUT2D eigenvalue weighted by molar-refractivity contribution is 5.80. The summed E-state index contributed by atoms with van der Waals surface area (Å²) >= 11 is 0. The van der Waals surface area contributed by atoms with Crippen LogP contribution in [0.25, 0.3) is 11.1 Å². The molecular formula is C21H26N3O3+.